The van der Waals surface area contributed by atoms with Crippen molar-refractivity contribution in [3.05, 3.63) is 70.8 Å². The van der Waals surface area contributed by atoms with E-state index in [-0.39, 0.29) is 17.2 Å². The number of amides is 2. The molecule has 0 bridgehead atoms. The zero-order valence-electron chi connectivity index (χ0n) is 16.2. The molecule has 0 aliphatic rings. The summed E-state index contributed by atoms with van der Waals surface area (Å²) in [6.45, 7) is 1.72. The van der Waals surface area contributed by atoms with E-state index < -0.39 is 17.8 Å². The van der Waals surface area contributed by atoms with Gasteiger partial charge in [-0.2, -0.15) is 0 Å². The van der Waals surface area contributed by atoms with E-state index in [9.17, 15) is 14.0 Å². The first-order valence-corrected chi connectivity index (χ1v) is 10.3. The zero-order valence-corrected chi connectivity index (χ0v) is 17.8. The van der Waals surface area contributed by atoms with Crippen molar-refractivity contribution in [2.45, 2.75) is 18.1 Å². The van der Waals surface area contributed by atoms with Crippen LogP contribution in [0.4, 0.5) is 10.1 Å². The van der Waals surface area contributed by atoms with E-state index in [1.165, 1.54) is 30.0 Å². The molecule has 2 aromatic carbocycles. The molecule has 3 rings (SSSR count). The summed E-state index contributed by atoms with van der Waals surface area (Å²) in [7, 11) is 1.73. The highest BCUT2D eigenvalue weighted by Crippen LogP contribution is 2.23. The second-order valence-corrected chi connectivity index (χ2v) is 7.74. The fraction of sp³-hybridized carbons (Fsp3) is 0.200. The van der Waals surface area contributed by atoms with Gasteiger partial charge >= 0.3 is 0 Å². The number of rotatable bonds is 7. The van der Waals surface area contributed by atoms with Crippen LogP contribution in [0.3, 0.4) is 0 Å². The Morgan fingerprint density at radius 3 is 2.60 bits per heavy atom. The van der Waals surface area contributed by atoms with Crippen LogP contribution >= 0.6 is 23.4 Å². The molecule has 0 saturated heterocycles. The van der Waals surface area contributed by atoms with E-state index in [0.717, 1.165) is 0 Å². The van der Waals surface area contributed by atoms with Crippen molar-refractivity contribution in [3.63, 3.8) is 0 Å². The monoisotopic (exact) mass is 447 g/mol. The van der Waals surface area contributed by atoms with Crippen LogP contribution in [0, 0.1) is 5.82 Å². The summed E-state index contributed by atoms with van der Waals surface area (Å²) in [5.41, 5.74) is 0.491. The smallest absolute Gasteiger partial charge is 0.254 e. The molecule has 0 unspecified atom stereocenters. The zero-order chi connectivity index (χ0) is 21.7. The maximum absolute atomic E-state index is 13.8. The number of thioether (sulfide) groups is 1. The molecule has 0 aliphatic heterocycles. The number of hydrogen-bond acceptors (Lipinski definition) is 5. The summed E-state index contributed by atoms with van der Waals surface area (Å²) in [5, 5.41) is 14.6. The molecule has 2 amide bonds. The third-order valence-electron chi connectivity index (χ3n) is 4.20. The number of carbonyl (C=O) groups is 2. The molecular formula is C20H19ClFN5O2S. The van der Waals surface area contributed by atoms with E-state index in [1.54, 1.807) is 48.9 Å². The number of carbonyl (C=O) groups excluding carboxylic acids is 2. The van der Waals surface area contributed by atoms with Crippen LogP contribution in [0.25, 0.3) is 0 Å². The van der Waals surface area contributed by atoms with Gasteiger partial charge in [0.1, 0.15) is 5.82 Å². The largest absolute Gasteiger partial charge is 0.342 e. The molecule has 1 heterocycles. The molecule has 0 radical (unpaired) electrons. The number of nitrogens with one attached hydrogen (secondary N) is 2. The van der Waals surface area contributed by atoms with Gasteiger partial charge < -0.3 is 15.2 Å². The fourth-order valence-corrected chi connectivity index (χ4v) is 3.59. The number of halogens is 2. The van der Waals surface area contributed by atoms with Gasteiger partial charge in [-0.15, -0.1) is 10.2 Å². The van der Waals surface area contributed by atoms with Crippen LogP contribution < -0.4 is 10.6 Å². The minimum atomic E-state index is -0.596. The summed E-state index contributed by atoms with van der Waals surface area (Å²) in [6.07, 6.45) is 0. The summed E-state index contributed by atoms with van der Waals surface area (Å²) < 4.78 is 15.5. The highest BCUT2D eigenvalue weighted by atomic mass is 35.5. The minimum absolute atomic E-state index is 0.0441. The van der Waals surface area contributed by atoms with Gasteiger partial charge in [0.15, 0.2) is 11.0 Å². The standard InChI is InChI=1S/C20H19ClFN5O2S/c1-12(23-19(29)13-7-3-5-9-15(13)22)18-25-26-20(27(18)2)30-11-17(28)24-16-10-6-4-8-14(16)21/h3-10,12H,11H2,1-2H3,(H,23,29)(H,24,28)/t12-/m0/s1. The van der Waals surface area contributed by atoms with E-state index in [0.29, 0.717) is 21.7 Å². The first kappa shape index (κ1) is 21.8. The van der Waals surface area contributed by atoms with Crippen molar-refractivity contribution in [2.75, 3.05) is 11.1 Å². The van der Waals surface area contributed by atoms with Gasteiger partial charge in [-0.3, -0.25) is 9.59 Å². The Bertz CT molecular complexity index is 1070. The highest BCUT2D eigenvalue weighted by molar-refractivity contribution is 7.99. The number of aromatic nitrogens is 3. The van der Waals surface area contributed by atoms with Crippen LogP contribution in [0.15, 0.2) is 53.7 Å². The topological polar surface area (TPSA) is 88.9 Å². The average molecular weight is 448 g/mol. The Hall–Kier alpha value is -2.91. The Balaban J connectivity index is 1.60. The second kappa shape index (κ2) is 9.73. The van der Waals surface area contributed by atoms with Gasteiger partial charge in [-0.25, -0.2) is 4.39 Å². The van der Waals surface area contributed by atoms with E-state index >= 15 is 0 Å². The lowest BCUT2D eigenvalue weighted by Gasteiger charge is -2.14. The lowest BCUT2D eigenvalue weighted by Crippen LogP contribution is -2.29. The van der Waals surface area contributed by atoms with Crippen LogP contribution in [0.5, 0.6) is 0 Å². The molecule has 7 nitrogen and oxygen atoms in total. The Kier molecular flexibility index (Phi) is 7.07. The molecule has 3 aromatic rings. The first-order valence-electron chi connectivity index (χ1n) is 8.98. The van der Waals surface area contributed by atoms with E-state index in [4.69, 9.17) is 11.6 Å². The maximum atomic E-state index is 13.8. The molecule has 0 spiro atoms. The number of nitrogens with zero attached hydrogens (tertiary/aromatic N) is 3. The van der Waals surface area contributed by atoms with Gasteiger partial charge in [0.25, 0.3) is 5.91 Å². The maximum Gasteiger partial charge on any atom is 0.254 e. The number of para-hydroxylation sites is 1. The average Bonchev–Trinajstić information content (AvgIpc) is 3.09. The lowest BCUT2D eigenvalue weighted by molar-refractivity contribution is -0.113. The van der Waals surface area contributed by atoms with Gasteiger partial charge in [-0.1, -0.05) is 47.6 Å². The van der Waals surface area contributed by atoms with Crippen molar-refractivity contribution in [2.24, 2.45) is 7.05 Å². The molecule has 0 fully saturated rings. The minimum Gasteiger partial charge on any atom is -0.342 e. The van der Waals surface area contributed by atoms with Crippen molar-refractivity contribution in [1.82, 2.24) is 20.1 Å². The summed E-state index contributed by atoms with van der Waals surface area (Å²) in [6, 6.07) is 12.2. The normalized spacial score (nSPS) is 11.7. The molecule has 0 saturated carbocycles. The molecule has 30 heavy (non-hydrogen) atoms. The highest BCUT2D eigenvalue weighted by Gasteiger charge is 2.20. The van der Waals surface area contributed by atoms with Gasteiger partial charge in [-0.05, 0) is 31.2 Å². The molecule has 156 valence electrons. The Morgan fingerprint density at radius 2 is 1.87 bits per heavy atom. The molecule has 0 aliphatic carbocycles. The fourth-order valence-electron chi connectivity index (χ4n) is 2.69. The summed E-state index contributed by atoms with van der Waals surface area (Å²) in [5.74, 6) is -0.794. The van der Waals surface area contributed by atoms with Gasteiger partial charge in [0, 0.05) is 7.05 Å². The van der Waals surface area contributed by atoms with Crippen molar-refractivity contribution < 1.29 is 14.0 Å². The lowest BCUT2D eigenvalue weighted by atomic mass is 10.2. The van der Waals surface area contributed by atoms with Gasteiger partial charge in [0.05, 0.1) is 28.1 Å². The predicted molar refractivity (Wildman–Crippen MR) is 114 cm³/mol. The summed E-state index contributed by atoms with van der Waals surface area (Å²) in [4.78, 5) is 24.5. The molecular weight excluding hydrogens is 429 g/mol. The first-order chi connectivity index (χ1) is 14.4. The second-order valence-electron chi connectivity index (χ2n) is 6.39. The SMILES string of the molecule is C[C@H](NC(=O)c1ccccc1F)c1nnc(SCC(=O)Nc2ccccc2Cl)n1C. The van der Waals surface area contributed by atoms with Crippen LogP contribution in [-0.4, -0.2) is 32.3 Å². The molecule has 1 aromatic heterocycles. The Morgan fingerprint density at radius 1 is 1.17 bits per heavy atom. The van der Waals surface area contributed by atoms with Crippen molar-refractivity contribution in [3.8, 4) is 0 Å². The van der Waals surface area contributed by atoms with E-state index in [2.05, 4.69) is 20.8 Å². The number of benzene rings is 2. The van der Waals surface area contributed by atoms with Crippen LogP contribution in [-0.2, 0) is 11.8 Å². The van der Waals surface area contributed by atoms with Crippen LogP contribution in [0.1, 0.15) is 29.1 Å². The van der Waals surface area contributed by atoms with Crippen molar-refractivity contribution >= 4 is 40.9 Å². The molecule has 2 N–H and O–H groups in total. The van der Waals surface area contributed by atoms with Crippen LogP contribution in [0.2, 0.25) is 5.02 Å². The molecule has 10 heteroatoms. The number of anilines is 1. The van der Waals surface area contributed by atoms with Crippen molar-refractivity contribution in [1.29, 1.82) is 0 Å². The van der Waals surface area contributed by atoms with Gasteiger partial charge in [0.2, 0.25) is 5.91 Å². The number of hydrogen-bond donors (Lipinski definition) is 2. The quantitative estimate of drug-likeness (QED) is 0.537. The third-order valence-corrected chi connectivity index (χ3v) is 5.55. The molecule has 1 atom stereocenters. The summed E-state index contributed by atoms with van der Waals surface area (Å²) >= 11 is 7.24. The predicted octanol–water partition coefficient (Wildman–Crippen LogP) is 3.83. The van der Waals surface area contributed by atoms with E-state index in [1.807, 2.05) is 0 Å². The third kappa shape index (κ3) is 5.17. The Labute approximate surface area is 182 Å².